The summed E-state index contributed by atoms with van der Waals surface area (Å²) in [5.74, 6) is 0. The van der Waals surface area contributed by atoms with E-state index < -0.39 is 20.9 Å². The van der Waals surface area contributed by atoms with E-state index in [1.54, 1.807) is 0 Å². The number of alkyl halides is 3. The van der Waals surface area contributed by atoms with Crippen molar-refractivity contribution in [2.24, 2.45) is 0 Å². The first-order chi connectivity index (χ1) is 4.21. The minimum atomic E-state index is -4.16. The van der Waals surface area contributed by atoms with Crippen molar-refractivity contribution < 1.29 is 36.8 Å². The zero-order chi connectivity index (χ0) is 8.41. The Morgan fingerprint density at radius 1 is 1.27 bits per heavy atom. The third kappa shape index (κ3) is 13.5. The van der Waals surface area contributed by atoms with Gasteiger partial charge in [-0.25, -0.2) is 0 Å². The van der Waals surface area contributed by atoms with Crippen LogP contribution in [0.2, 0.25) is 19.1 Å². The van der Waals surface area contributed by atoms with E-state index in [-0.39, 0.29) is 24.9 Å². The zero-order valence-corrected chi connectivity index (χ0v) is 7.96. The van der Waals surface area contributed by atoms with Crippen molar-refractivity contribution in [3.8, 4) is 0 Å². The molecular weight excluding hydrogens is 168 g/mol. The molecule has 62 valence electrons. The summed E-state index contributed by atoms with van der Waals surface area (Å²) in [6.45, 7) is 2.78. The summed E-state index contributed by atoms with van der Waals surface area (Å²) < 4.78 is 34.4. The molecule has 0 saturated heterocycles. The van der Waals surface area contributed by atoms with Crippen LogP contribution >= 0.6 is 0 Å². The number of hydrogen-bond donors (Lipinski definition) is 0. The molecule has 0 atom stereocenters. The summed E-state index contributed by atoms with van der Waals surface area (Å²) >= 11 is 0. The van der Waals surface area contributed by atoms with E-state index in [1.165, 1.54) is 13.1 Å². The molecule has 0 saturated carbocycles. The first-order valence-corrected chi connectivity index (χ1v) is 6.09. The molecule has 0 bridgehead atoms. The van der Waals surface area contributed by atoms with Gasteiger partial charge in [-0.3, -0.25) is 0 Å². The summed E-state index contributed by atoms with van der Waals surface area (Å²) in [5.41, 5.74) is 0. The van der Waals surface area contributed by atoms with E-state index in [9.17, 15) is 18.0 Å². The van der Waals surface area contributed by atoms with Crippen LogP contribution < -0.4 is 23.7 Å². The molecule has 0 fully saturated rings. The maximum Gasteiger partial charge on any atom is 1.00 e. The van der Waals surface area contributed by atoms with E-state index in [2.05, 4.69) is 0 Å². The van der Waals surface area contributed by atoms with Gasteiger partial charge in [0, 0.05) is 6.42 Å². The molecule has 0 N–H and O–H groups in total. The van der Waals surface area contributed by atoms with E-state index in [0.717, 1.165) is 0 Å². The standard InChI is InChI=1S/C5H10F3OSi.Li/c1-10(2,9)4-3-5(6,7)8;/h3-4H2,1-2H3;/q-1;+1. The van der Waals surface area contributed by atoms with Gasteiger partial charge in [-0.2, -0.15) is 13.2 Å². The fourth-order valence-corrected chi connectivity index (χ4v) is 1.33. The Kier molecular flexibility index (Phi) is 5.84. The third-order valence-corrected chi connectivity index (χ3v) is 2.46. The van der Waals surface area contributed by atoms with Crippen molar-refractivity contribution in [1.29, 1.82) is 0 Å². The Bertz CT molecular complexity index is 95.3. The van der Waals surface area contributed by atoms with Gasteiger partial charge in [-0.1, -0.05) is 27.5 Å². The molecule has 0 aromatic rings. The van der Waals surface area contributed by atoms with Crippen LogP contribution in [0.5, 0.6) is 0 Å². The van der Waals surface area contributed by atoms with Crippen LogP contribution in [-0.4, -0.2) is 14.5 Å². The first-order valence-electron chi connectivity index (χ1n) is 2.98. The quantitative estimate of drug-likeness (QED) is 0.472. The van der Waals surface area contributed by atoms with Gasteiger partial charge in [-0.05, 0) is 0 Å². The molecule has 0 spiro atoms. The number of rotatable bonds is 2. The fraction of sp³-hybridized carbons (Fsp3) is 1.00. The van der Waals surface area contributed by atoms with Gasteiger partial charge in [-0.15, -0.1) is 0 Å². The average molecular weight is 178 g/mol. The van der Waals surface area contributed by atoms with E-state index >= 15 is 0 Å². The summed E-state index contributed by atoms with van der Waals surface area (Å²) in [7, 11) is -2.74. The molecular formula is C5H10F3LiOSi. The molecule has 0 amide bonds. The van der Waals surface area contributed by atoms with Gasteiger partial charge in [0.25, 0.3) is 0 Å². The second-order valence-electron chi connectivity index (χ2n) is 2.87. The normalized spacial score (nSPS) is 12.5. The minimum Gasteiger partial charge on any atom is -0.859 e. The van der Waals surface area contributed by atoms with Crippen LogP contribution in [0.15, 0.2) is 0 Å². The maximum atomic E-state index is 11.5. The topological polar surface area (TPSA) is 23.1 Å². The van der Waals surface area contributed by atoms with Crippen molar-refractivity contribution >= 4 is 8.32 Å². The second kappa shape index (κ2) is 4.56. The molecule has 0 radical (unpaired) electrons. The molecule has 0 aliphatic rings. The molecule has 6 heteroatoms. The molecule has 1 nitrogen and oxygen atoms in total. The molecule has 0 aliphatic heterocycles. The fourth-order valence-electron chi connectivity index (χ4n) is 0.443. The smallest absolute Gasteiger partial charge is 0.859 e. The van der Waals surface area contributed by atoms with Gasteiger partial charge in [0.1, 0.15) is 0 Å². The predicted molar refractivity (Wildman–Crippen MR) is 33.0 cm³/mol. The van der Waals surface area contributed by atoms with Crippen LogP contribution in [0.1, 0.15) is 6.42 Å². The van der Waals surface area contributed by atoms with Gasteiger partial charge in [0.15, 0.2) is 0 Å². The number of hydrogen-bond acceptors (Lipinski definition) is 1. The van der Waals surface area contributed by atoms with Crippen LogP contribution in [0.4, 0.5) is 13.2 Å². The Morgan fingerprint density at radius 2 is 1.64 bits per heavy atom. The van der Waals surface area contributed by atoms with Crippen LogP contribution in [0.25, 0.3) is 0 Å². The summed E-state index contributed by atoms with van der Waals surface area (Å²) in [6, 6.07) is -0.212. The molecule has 0 unspecified atom stereocenters. The van der Waals surface area contributed by atoms with Crippen molar-refractivity contribution in [3.05, 3.63) is 0 Å². The van der Waals surface area contributed by atoms with Crippen molar-refractivity contribution in [2.75, 3.05) is 0 Å². The molecule has 0 aromatic heterocycles. The molecule has 11 heavy (non-hydrogen) atoms. The zero-order valence-electron chi connectivity index (χ0n) is 6.96. The minimum absolute atomic E-state index is 0. The van der Waals surface area contributed by atoms with E-state index in [4.69, 9.17) is 0 Å². The SMILES string of the molecule is C[Si](C)([O-])CCC(F)(F)F.[Li+]. The second-order valence-corrected chi connectivity index (χ2v) is 6.89. The summed E-state index contributed by atoms with van der Waals surface area (Å²) in [6.07, 6.45) is -5.08. The molecule has 0 aromatic carbocycles. The van der Waals surface area contributed by atoms with Crippen molar-refractivity contribution in [2.45, 2.75) is 31.7 Å². The van der Waals surface area contributed by atoms with Crippen LogP contribution in [0, 0.1) is 0 Å². The van der Waals surface area contributed by atoms with Crippen molar-refractivity contribution in [1.82, 2.24) is 0 Å². The largest absolute Gasteiger partial charge is 1.00 e. The van der Waals surface area contributed by atoms with E-state index in [0.29, 0.717) is 0 Å². The monoisotopic (exact) mass is 178 g/mol. The van der Waals surface area contributed by atoms with Gasteiger partial charge >= 0.3 is 25.0 Å². The maximum absolute atomic E-state index is 11.5. The van der Waals surface area contributed by atoms with Gasteiger partial charge in [0.05, 0.1) is 0 Å². The summed E-state index contributed by atoms with van der Waals surface area (Å²) in [4.78, 5) is 10.8. The molecule has 0 heterocycles. The Morgan fingerprint density at radius 3 is 1.73 bits per heavy atom. The molecule has 0 aliphatic carbocycles. The number of halogens is 3. The first kappa shape index (κ1) is 14.1. The Hall–Kier alpha value is 0.564. The average Bonchev–Trinajstić information content (AvgIpc) is 1.57. The Balaban J connectivity index is 0. The third-order valence-electron chi connectivity index (χ3n) is 1.01. The van der Waals surface area contributed by atoms with E-state index in [1.807, 2.05) is 0 Å². The predicted octanol–water partition coefficient (Wildman–Crippen LogP) is -1.49. The summed E-state index contributed by atoms with van der Waals surface area (Å²) in [5, 5.41) is 0. The van der Waals surface area contributed by atoms with Gasteiger partial charge < -0.3 is 4.80 Å². The van der Waals surface area contributed by atoms with Crippen molar-refractivity contribution in [3.63, 3.8) is 0 Å². The molecule has 0 rings (SSSR count). The van der Waals surface area contributed by atoms with Crippen LogP contribution in [0.3, 0.4) is 0 Å². The van der Waals surface area contributed by atoms with Gasteiger partial charge in [0.2, 0.25) is 0 Å². The van der Waals surface area contributed by atoms with Crippen LogP contribution in [-0.2, 0) is 0 Å². The Labute approximate surface area is 77.3 Å².